The summed E-state index contributed by atoms with van der Waals surface area (Å²) in [5.74, 6) is -2.02. The highest BCUT2D eigenvalue weighted by Crippen LogP contribution is 1.92. The van der Waals surface area contributed by atoms with Gasteiger partial charge in [0.05, 0.1) is 6.54 Å². The Balaban J connectivity index is 4.02. The predicted octanol–water partition coefficient (Wildman–Crippen LogP) is -1.27. The van der Waals surface area contributed by atoms with Gasteiger partial charge < -0.3 is 20.5 Å². The van der Waals surface area contributed by atoms with Gasteiger partial charge in [0.1, 0.15) is 6.04 Å². The molecule has 0 bridgehead atoms. The number of methoxy groups -OCH3 is 1. The van der Waals surface area contributed by atoms with Gasteiger partial charge in [-0.3, -0.25) is 9.59 Å². The number of carboxylic acids is 1. The Morgan fingerprint density at radius 3 is 2.44 bits per heavy atom. The third kappa shape index (κ3) is 6.77. The lowest BCUT2D eigenvalue weighted by Crippen LogP contribution is -2.45. The van der Waals surface area contributed by atoms with Crippen molar-refractivity contribution in [3.8, 4) is 0 Å². The van der Waals surface area contributed by atoms with E-state index in [0.29, 0.717) is 0 Å². The van der Waals surface area contributed by atoms with E-state index in [9.17, 15) is 14.4 Å². The van der Waals surface area contributed by atoms with Crippen LogP contribution in [0, 0.1) is 0 Å². The van der Waals surface area contributed by atoms with Crippen LogP contribution in [-0.2, 0) is 19.1 Å². The van der Waals surface area contributed by atoms with Gasteiger partial charge >= 0.3 is 5.97 Å². The van der Waals surface area contributed by atoms with Crippen LogP contribution >= 0.6 is 0 Å². The molecule has 1 unspecified atom stereocenters. The fraction of sp³-hybridized carbons (Fsp3) is 0.667. The molecule has 0 aromatic carbocycles. The molecule has 0 aromatic rings. The average Bonchev–Trinajstić information content (AvgIpc) is 2.20. The number of hydrogen-bond acceptors (Lipinski definition) is 4. The van der Waals surface area contributed by atoms with Gasteiger partial charge in [0, 0.05) is 27.1 Å². The molecule has 7 nitrogen and oxygen atoms in total. The van der Waals surface area contributed by atoms with Gasteiger partial charge in [-0.1, -0.05) is 0 Å². The van der Waals surface area contributed by atoms with E-state index in [2.05, 4.69) is 10.6 Å². The summed E-state index contributed by atoms with van der Waals surface area (Å²) >= 11 is 0. The van der Waals surface area contributed by atoms with Crippen LogP contribution in [0.25, 0.3) is 0 Å². The van der Waals surface area contributed by atoms with Gasteiger partial charge in [-0.25, -0.2) is 4.79 Å². The van der Waals surface area contributed by atoms with Crippen molar-refractivity contribution in [2.75, 3.05) is 20.3 Å². The van der Waals surface area contributed by atoms with Crippen molar-refractivity contribution in [3.05, 3.63) is 0 Å². The Kier molecular flexibility index (Phi) is 6.86. The molecule has 0 aliphatic carbocycles. The van der Waals surface area contributed by atoms with Crippen molar-refractivity contribution in [2.45, 2.75) is 19.4 Å². The minimum absolute atomic E-state index is 0.178. The van der Waals surface area contributed by atoms with Crippen molar-refractivity contribution < 1.29 is 24.2 Å². The van der Waals surface area contributed by atoms with Crippen LogP contribution in [0.1, 0.15) is 13.3 Å². The second-order valence-corrected chi connectivity index (χ2v) is 3.15. The Morgan fingerprint density at radius 1 is 1.38 bits per heavy atom. The Bertz CT molecular complexity index is 267. The highest BCUT2D eigenvalue weighted by molar-refractivity contribution is 5.87. The molecule has 92 valence electrons. The maximum atomic E-state index is 11.2. The summed E-state index contributed by atoms with van der Waals surface area (Å²) in [7, 11) is 1.44. The largest absolute Gasteiger partial charge is 0.480 e. The molecule has 0 spiro atoms. The average molecular weight is 232 g/mol. The van der Waals surface area contributed by atoms with Crippen molar-refractivity contribution in [1.82, 2.24) is 10.6 Å². The lowest BCUT2D eigenvalue weighted by molar-refractivity contribution is -0.142. The van der Waals surface area contributed by atoms with Crippen LogP contribution in [0.5, 0.6) is 0 Å². The molecule has 0 saturated carbocycles. The molecule has 0 aromatic heterocycles. The highest BCUT2D eigenvalue weighted by atomic mass is 16.5. The molecule has 0 saturated heterocycles. The highest BCUT2D eigenvalue weighted by Gasteiger charge is 2.19. The van der Waals surface area contributed by atoms with Gasteiger partial charge in [-0.2, -0.15) is 0 Å². The molecule has 0 fully saturated rings. The van der Waals surface area contributed by atoms with Gasteiger partial charge in [-0.15, -0.1) is 0 Å². The second-order valence-electron chi connectivity index (χ2n) is 3.15. The SMILES string of the molecule is COCCC(NC(=O)CNC(C)=O)C(=O)O. The summed E-state index contributed by atoms with van der Waals surface area (Å²) in [5, 5.41) is 13.3. The summed E-state index contributed by atoms with van der Waals surface area (Å²) in [5.41, 5.74) is 0. The van der Waals surface area contributed by atoms with E-state index >= 15 is 0 Å². The minimum atomic E-state index is -1.13. The van der Waals surface area contributed by atoms with Crippen LogP contribution in [0.3, 0.4) is 0 Å². The van der Waals surface area contributed by atoms with Crippen molar-refractivity contribution in [2.24, 2.45) is 0 Å². The maximum Gasteiger partial charge on any atom is 0.326 e. The number of carbonyl (C=O) groups is 3. The monoisotopic (exact) mass is 232 g/mol. The number of nitrogens with one attached hydrogen (secondary N) is 2. The first-order chi connectivity index (χ1) is 7.47. The maximum absolute atomic E-state index is 11.2. The summed E-state index contributed by atoms with van der Waals surface area (Å²) in [6, 6.07) is -0.999. The van der Waals surface area contributed by atoms with Crippen LogP contribution in [-0.4, -0.2) is 49.2 Å². The first-order valence-electron chi connectivity index (χ1n) is 4.73. The van der Waals surface area contributed by atoms with Crippen LogP contribution < -0.4 is 10.6 Å². The summed E-state index contributed by atoms with van der Waals surface area (Å²) in [6.45, 7) is 1.27. The van der Waals surface area contributed by atoms with Crippen molar-refractivity contribution in [3.63, 3.8) is 0 Å². The molecule has 0 radical (unpaired) electrons. The quantitative estimate of drug-likeness (QED) is 0.507. The van der Waals surface area contributed by atoms with E-state index in [-0.39, 0.29) is 25.5 Å². The first kappa shape index (κ1) is 14.4. The lowest BCUT2D eigenvalue weighted by atomic mass is 10.2. The smallest absolute Gasteiger partial charge is 0.326 e. The van der Waals surface area contributed by atoms with Crippen LogP contribution in [0.2, 0.25) is 0 Å². The third-order valence-electron chi connectivity index (χ3n) is 1.74. The fourth-order valence-electron chi connectivity index (χ4n) is 0.943. The van der Waals surface area contributed by atoms with E-state index in [1.165, 1.54) is 14.0 Å². The van der Waals surface area contributed by atoms with E-state index < -0.39 is 17.9 Å². The van der Waals surface area contributed by atoms with E-state index in [4.69, 9.17) is 9.84 Å². The van der Waals surface area contributed by atoms with Crippen molar-refractivity contribution >= 4 is 17.8 Å². The molecule has 16 heavy (non-hydrogen) atoms. The fourth-order valence-corrected chi connectivity index (χ4v) is 0.943. The zero-order chi connectivity index (χ0) is 12.6. The Morgan fingerprint density at radius 2 is 2.00 bits per heavy atom. The van der Waals surface area contributed by atoms with Crippen LogP contribution in [0.15, 0.2) is 0 Å². The first-order valence-corrected chi connectivity index (χ1v) is 4.73. The summed E-state index contributed by atoms with van der Waals surface area (Å²) < 4.78 is 4.72. The van der Waals surface area contributed by atoms with Gasteiger partial charge in [0.25, 0.3) is 0 Å². The number of ether oxygens (including phenoxy) is 1. The second kappa shape index (κ2) is 7.63. The summed E-state index contributed by atoms with van der Waals surface area (Å²) in [6.07, 6.45) is 0.178. The molecular formula is C9H16N2O5. The lowest BCUT2D eigenvalue weighted by Gasteiger charge is -2.13. The molecule has 2 amide bonds. The zero-order valence-corrected chi connectivity index (χ0v) is 9.28. The van der Waals surface area contributed by atoms with E-state index in [1.807, 2.05) is 0 Å². The predicted molar refractivity (Wildman–Crippen MR) is 54.7 cm³/mol. The molecule has 1 atom stereocenters. The number of carbonyl (C=O) groups excluding carboxylic acids is 2. The topological polar surface area (TPSA) is 105 Å². The molecular weight excluding hydrogens is 216 g/mol. The third-order valence-corrected chi connectivity index (χ3v) is 1.74. The van der Waals surface area contributed by atoms with Gasteiger partial charge in [0.15, 0.2) is 0 Å². The van der Waals surface area contributed by atoms with Crippen molar-refractivity contribution in [1.29, 1.82) is 0 Å². The minimum Gasteiger partial charge on any atom is -0.480 e. The number of amides is 2. The zero-order valence-electron chi connectivity index (χ0n) is 9.28. The number of carboxylic acid groups (broad SMARTS) is 1. The van der Waals surface area contributed by atoms with Crippen LogP contribution in [0.4, 0.5) is 0 Å². The number of aliphatic carboxylic acids is 1. The summed E-state index contributed by atoms with van der Waals surface area (Å²) in [4.78, 5) is 32.4. The van der Waals surface area contributed by atoms with Gasteiger partial charge in [0.2, 0.25) is 11.8 Å². The molecule has 0 heterocycles. The normalized spacial score (nSPS) is 11.6. The standard InChI is InChI=1S/C9H16N2O5/c1-6(12)10-5-8(13)11-7(9(14)15)3-4-16-2/h7H,3-5H2,1-2H3,(H,10,12)(H,11,13)(H,14,15). The number of rotatable bonds is 7. The molecule has 7 heteroatoms. The van der Waals surface area contributed by atoms with E-state index in [0.717, 1.165) is 0 Å². The molecule has 3 N–H and O–H groups in total. The molecule has 0 rings (SSSR count). The van der Waals surface area contributed by atoms with Gasteiger partial charge in [-0.05, 0) is 0 Å². The molecule has 0 aliphatic rings. The Hall–Kier alpha value is -1.63. The molecule has 0 aliphatic heterocycles. The Labute approximate surface area is 93.2 Å². The van der Waals surface area contributed by atoms with E-state index in [1.54, 1.807) is 0 Å². The number of hydrogen-bond donors (Lipinski definition) is 3.